The Morgan fingerprint density at radius 3 is 2.59 bits per heavy atom. The highest BCUT2D eigenvalue weighted by Gasteiger charge is 2.29. The molecule has 1 aromatic heterocycles. The zero-order chi connectivity index (χ0) is 22.7. The predicted octanol–water partition coefficient (Wildman–Crippen LogP) is 2.45. The van der Waals surface area contributed by atoms with E-state index in [0.717, 1.165) is 10.9 Å². The number of rotatable bonds is 7. The molecular formula is C23H26N2O6S. The number of aromatic nitrogens is 1. The van der Waals surface area contributed by atoms with Crippen molar-refractivity contribution in [3.05, 3.63) is 70.0 Å². The third-order valence-corrected chi connectivity index (χ3v) is 7.25. The Morgan fingerprint density at radius 2 is 1.91 bits per heavy atom. The summed E-state index contributed by atoms with van der Waals surface area (Å²) in [4.78, 5) is 15.8. The Kier molecular flexibility index (Phi) is 6.61. The Bertz CT molecular complexity index is 1250. The summed E-state index contributed by atoms with van der Waals surface area (Å²) in [5.41, 5.74) is 1.57. The van der Waals surface area contributed by atoms with Crippen LogP contribution in [0.1, 0.15) is 11.1 Å². The first-order chi connectivity index (χ1) is 15.4. The number of nitrogens with zero attached hydrogens (tertiary/aromatic N) is 1. The van der Waals surface area contributed by atoms with E-state index >= 15 is 0 Å². The van der Waals surface area contributed by atoms with Crippen LogP contribution in [0.2, 0.25) is 0 Å². The number of pyridine rings is 1. The Balaban J connectivity index is 1.70. The Morgan fingerprint density at radius 1 is 1.12 bits per heavy atom. The molecule has 0 bridgehead atoms. The molecule has 1 atom stereocenters. The van der Waals surface area contributed by atoms with Gasteiger partial charge >= 0.3 is 0 Å². The molecule has 1 fully saturated rings. The number of fused-ring (bicyclic) bond motifs is 1. The lowest BCUT2D eigenvalue weighted by molar-refractivity contribution is -0.0923. The molecule has 1 N–H and O–H groups in total. The highest BCUT2D eigenvalue weighted by Crippen LogP contribution is 2.22. The second-order valence-corrected chi connectivity index (χ2v) is 9.69. The van der Waals surface area contributed by atoms with Crippen molar-refractivity contribution in [1.29, 1.82) is 0 Å². The average Bonchev–Trinajstić information content (AvgIpc) is 2.79. The van der Waals surface area contributed by atoms with Gasteiger partial charge in [0.1, 0.15) is 5.75 Å². The van der Waals surface area contributed by atoms with Gasteiger partial charge < -0.3 is 19.2 Å². The summed E-state index contributed by atoms with van der Waals surface area (Å²) in [6, 6.07) is 13.7. The van der Waals surface area contributed by atoms with Crippen LogP contribution in [0, 0.1) is 6.92 Å². The van der Waals surface area contributed by atoms with Gasteiger partial charge in [-0.3, -0.25) is 4.79 Å². The normalized spacial score (nSPS) is 17.0. The van der Waals surface area contributed by atoms with E-state index in [-0.39, 0.29) is 23.5 Å². The second-order valence-electron chi connectivity index (χ2n) is 7.76. The average molecular weight is 459 g/mol. The van der Waals surface area contributed by atoms with Gasteiger partial charge in [0, 0.05) is 24.7 Å². The number of aryl methyl sites for hydroxylation is 1. The molecule has 0 saturated carbocycles. The summed E-state index contributed by atoms with van der Waals surface area (Å²) >= 11 is 0. The molecule has 3 aromatic rings. The van der Waals surface area contributed by atoms with Crippen molar-refractivity contribution >= 4 is 20.9 Å². The molecule has 9 heteroatoms. The fourth-order valence-corrected chi connectivity index (χ4v) is 5.09. The molecule has 32 heavy (non-hydrogen) atoms. The summed E-state index contributed by atoms with van der Waals surface area (Å²) in [6.45, 7) is 3.07. The number of nitrogens with one attached hydrogen (secondary N) is 1. The van der Waals surface area contributed by atoms with E-state index in [9.17, 15) is 13.2 Å². The highest BCUT2D eigenvalue weighted by atomic mass is 32.2. The van der Waals surface area contributed by atoms with Crippen molar-refractivity contribution < 1.29 is 22.6 Å². The van der Waals surface area contributed by atoms with Crippen LogP contribution in [-0.2, 0) is 26.0 Å². The smallest absolute Gasteiger partial charge is 0.252 e. The molecule has 8 nitrogen and oxygen atoms in total. The minimum Gasteiger partial charge on any atom is -0.497 e. The van der Waals surface area contributed by atoms with Crippen molar-refractivity contribution in [2.45, 2.75) is 24.5 Å². The highest BCUT2D eigenvalue weighted by molar-refractivity contribution is 7.89. The van der Waals surface area contributed by atoms with Gasteiger partial charge in [-0.15, -0.1) is 0 Å². The van der Waals surface area contributed by atoms with Crippen LogP contribution in [0.15, 0.2) is 58.2 Å². The molecule has 1 saturated heterocycles. The van der Waals surface area contributed by atoms with Crippen LogP contribution in [0.3, 0.4) is 0 Å². The van der Waals surface area contributed by atoms with Crippen LogP contribution in [0.4, 0.5) is 0 Å². The summed E-state index contributed by atoms with van der Waals surface area (Å²) < 4.78 is 44.6. The van der Waals surface area contributed by atoms with Crippen LogP contribution in [-0.4, -0.2) is 57.3 Å². The fourth-order valence-electron chi connectivity index (χ4n) is 3.64. The van der Waals surface area contributed by atoms with Crippen LogP contribution < -0.4 is 10.3 Å². The van der Waals surface area contributed by atoms with E-state index in [1.54, 1.807) is 49.6 Å². The molecule has 2 aromatic carbocycles. The molecular weight excluding hydrogens is 432 g/mol. The van der Waals surface area contributed by atoms with Gasteiger partial charge in [0.2, 0.25) is 10.0 Å². The topological polar surface area (TPSA) is 97.9 Å². The Labute approximate surface area is 186 Å². The third kappa shape index (κ3) is 4.86. The van der Waals surface area contributed by atoms with Crippen molar-refractivity contribution in [2.24, 2.45) is 0 Å². The van der Waals surface area contributed by atoms with Crippen LogP contribution in [0.25, 0.3) is 10.9 Å². The number of sulfonamides is 1. The first-order valence-corrected chi connectivity index (χ1v) is 11.8. The minimum absolute atomic E-state index is 0.0797. The number of methoxy groups -OCH3 is 1. The molecule has 0 radical (unpaired) electrons. The van der Waals surface area contributed by atoms with Crippen LogP contribution >= 0.6 is 0 Å². The van der Waals surface area contributed by atoms with Crippen molar-refractivity contribution in [3.63, 3.8) is 0 Å². The lowest BCUT2D eigenvalue weighted by Crippen LogP contribution is -2.43. The molecule has 170 valence electrons. The molecule has 0 spiro atoms. The largest absolute Gasteiger partial charge is 0.497 e. The molecule has 2 heterocycles. The van der Waals surface area contributed by atoms with Gasteiger partial charge in [0.15, 0.2) is 0 Å². The lowest BCUT2D eigenvalue weighted by Gasteiger charge is -2.29. The van der Waals surface area contributed by atoms with E-state index < -0.39 is 16.1 Å². The van der Waals surface area contributed by atoms with Crippen molar-refractivity contribution in [1.82, 2.24) is 9.29 Å². The maximum absolute atomic E-state index is 13.5. The zero-order valence-corrected chi connectivity index (χ0v) is 18.9. The third-order valence-electron chi connectivity index (χ3n) is 5.43. The number of benzene rings is 2. The summed E-state index contributed by atoms with van der Waals surface area (Å²) in [5.74, 6) is 0.624. The number of hydrogen-bond acceptors (Lipinski definition) is 6. The van der Waals surface area contributed by atoms with Gasteiger partial charge in [0.05, 0.1) is 43.4 Å². The monoisotopic (exact) mass is 458 g/mol. The van der Waals surface area contributed by atoms with Crippen LogP contribution in [0.5, 0.6) is 5.75 Å². The first-order valence-electron chi connectivity index (χ1n) is 10.3. The van der Waals surface area contributed by atoms with Crippen molar-refractivity contribution in [3.8, 4) is 5.75 Å². The fraction of sp³-hybridized carbons (Fsp3) is 0.348. The number of H-pyrrole nitrogens is 1. The van der Waals surface area contributed by atoms with E-state index in [0.29, 0.717) is 36.7 Å². The van der Waals surface area contributed by atoms with Crippen molar-refractivity contribution in [2.75, 3.05) is 33.5 Å². The molecule has 1 aliphatic rings. The standard InChI is InChI=1S/C23H26N2O6S/c1-16-3-7-21(8-4-16)32(27,28)25(14-20-15-30-9-10-31-20)13-18-11-17-5-6-19(29-2)12-22(17)24-23(18)26/h3-8,11-12,20H,9-10,13-15H2,1-2H3,(H,24,26)/t20-/m0/s1. The quantitative estimate of drug-likeness (QED) is 0.584. The van der Waals surface area contributed by atoms with E-state index in [1.165, 1.54) is 4.31 Å². The lowest BCUT2D eigenvalue weighted by atomic mass is 10.1. The van der Waals surface area contributed by atoms with E-state index in [4.69, 9.17) is 14.2 Å². The molecule has 1 aliphatic heterocycles. The predicted molar refractivity (Wildman–Crippen MR) is 120 cm³/mol. The molecule has 0 amide bonds. The van der Waals surface area contributed by atoms with E-state index in [2.05, 4.69) is 4.98 Å². The SMILES string of the molecule is COc1ccc2cc(CN(C[C@H]3COCCO3)S(=O)(=O)c3ccc(C)cc3)c(=O)[nH]c2c1. The second kappa shape index (κ2) is 9.41. The Hall–Kier alpha value is -2.72. The minimum atomic E-state index is -3.87. The maximum Gasteiger partial charge on any atom is 0.252 e. The van der Waals surface area contributed by atoms with Gasteiger partial charge in [0.25, 0.3) is 5.56 Å². The van der Waals surface area contributed by atoms with E-state index in [1.807, 2.05) is 13.0 Å². The zero-order valence-electron chi connectivity index (χ0n) is 18.0. The summed E-state index contributed by atoms with van der Waals surface area (Å²) in [7, 11) is -2.32. The van der Waals surface area contributed by atoms with Gasteiger partial charge in [-0.2, -0.15) is 4.31 Å². The molecule has 4 rings (SSSR count). The number of hydrogen-bond donors (Lipinski definition) is 1. The first kappa shape index (κ1) is 22.5. The summed E-state index contributed by atoms with van der Waals surface area (Å²) in [5, 5.41) is 0.783. The summed E-state index contributed by atoms with van der Waals surface area (Å²) in [6.07, 6.45) is -0.409. The van der Waals surface area contributed by atoms with Gasteiger partial charge in [-0.1, -0.05) is 17.7 Å². The molecule has 0 aliphatic carbocycles. The van der Waals surface area contributed by atoms with Gasteiger partial charge in [-0.25, -0.2) is 8.42 Å². The van der Waals surface area contributed by atoms with Gasteiger partial charge in [-0.05, 0) is 42.6 Å². The molecule has 0 unspecified atom stereocenters. The number of aromatic amines is 1. The maximum atomic E-state index is 13.5. The number of ether oxygens (including phenoxy) is 3.